The van der Waals surface area contributed by atoms with Crippen LogP contribution < -0.4 is 10.6 Å². The van der Waals surface area contributed by atoms with E-state index in [0.717, 1.165) is 58.3 Å². The molecule has 0 aromatic carbocycles. The third-order valence-electron chi connectivity index (χ3n) is 5.64. The summed E-state index contributed by atoms with van der Waals surface area (Å²) in [5.74, 6) is 0.638. The topological polar surface area (TPSA) is 79.3 Å². The van der Waals surface area contributed by atoms with Crippen molar-refractivity contribution in [2.75, 3.05) is 32.7 Å². The Morgan fingerprint density at radius 1 is 1.35 bits per heavy atom. The van der Waals surface area contributed by atoms with Crippen LogP contribution in [0.2, 0.25) is 0 Å². The van der Waals surface area contributed by atoms with Crippen LogP contribution in [0.3, 0.4) is 0 Å². The number of hydrogen-bond donors (Lipinski definition) is 2. The van der Waals surface area contributed by atoms with Crippen LogP contribution in [0.4, 0.5) is 0 Å². The SMILES string of the molecule is CCCC(=O)NCC1CCCN(C(=O)C2(n3cccn3)CCNCC2)C1. The molecule has 7 heteroatoms. The smallest absolute Gasteiger partial charge is 0.250 e. The van der Waals surface area contributed by atoms with Gasteiger partial charge in [-0.3, -0.25) is 14.3 Å². The second kappa shape index (κ2) is 8.66. The molecule has 1 atom stereocenters. The molecule has 26 heavy (non-hydrogen) atoms. The molecule has 7 nitrogen and oxygen atoms in total. The maximum absolute atomic E-state index is 13.5. The lowest BCUT2D eigenvalue weighted by Gasteiger charge is -2.42. The van der Waals surface area contributed by atoms with Gasteiger partial charge in [-0.15, -0.1) is 0 Å². The van der Waals surface area contributed by atoms with Gasteiger partial charge >= 0.3 is 0 Å². The van der Waals surface area contributed by atoms with Gasteiger partial charge in [-0.1, -0.05) is 6.92 Å². The first-order chi connectivity index (χ1) is 12.7. The molecule has 1 unspecified atom stereocenters. The Kier molecular flexibility index (Phi) is 6.29. The Labute approximate surface area is 155 Å². The molecule has 2 amide bonds. The van der Waals surface area contributed by atoms with Gasteiger partial charge in [-0.05, 0) is 57.2 Å². The number of rotatable bonds is 6. The maximum Gasteiger partial charge on any atom is 0.250 e. The second-order valence-electron chi connectivity index (χ2n) is 7.55. The first-order valence-corrected chi connectivity index (χ1v) is 9.92. The number of hydrogen-bond acceptors (Lipinski definition) is 4. The van der Waals surface area contributed by atoms with Crippen molar-refractivity contribution in [2.24, 2.45) is 5.92 Å². The molecule has 144 valence electrons. The van der Waals surface area contributed by atoms with Gasteiger partial charge in [0.25, 0.3) is 5.91 Å². The molecule has 2 N–H and O–H groups in total. The number of likely N-dealkylation sites (tertiary alicyclic amines) is 1. The van der Waals surface area contributed by atoms with E-state index in [1.165, 1.54) is 0 Å². The molecule has 0 spiro atoms. The molecule has 2 fully saturated rings. The average Bonchev–Trinajstić information content (AvgIpc) is 3.22. The van der Waals surface area contributed by atoms with Crippen molar-refractivity contribution in [3.05, 3.63) is 18.5 Å². The van der Waals surface area contributed by atoms with Crippen LogP contribution in [-0.4, -0.2) is 59.2 Å². The summed E-state index contributed by atoms with van der Waals surface area (Å²) >= 11 is 0. The van der Waals surface area contributed by atoms with Gasteiger partial charge in [-0.2, -0.15) is 5.10 Å². The fourth-order valence-electron chi connectivity index (χ4n) is 4.19. The minimum Gasteiger partial charge on any atom is -0.356 e. The van der Waals surface area contributed by atoms with E-state index in [0.29, 0.717) is 18.9 Å². The van der Waals surface area contributed by atoms with E-state index in [1.54, 1.807) is 6.20 Å². The number of aromatic nitrogens is 2. The highest BCUT2D eigenvalue weighted by Crippen LogP contribution is 2.31. The van der Waals surface area contributed by atoms with Crippen LogP contribution in [0.25, 0.3) is 0 Å². The predicted octanol–water partition coefficient (Wildman–Crippen LogP) is 1.12. The standard InChI is InChI=1S/C19H31N5O2/c1-2-5-17(25)21-14-16-6-3-12-23(15-16)18(26)19(7-10-20-11-8-19)24-13-4-9-22-24/h4,9,13,16,20H,2-3,5-8,10-12,14-15H2,1H3,(H,21,25). The van der Waals surface area contributed by atoms with Crippen LogP contribution in [-0.2, 0) is 15.1 Å². The van der Waals surface area contributed by atoms with E-state index in [-0.39, 0.29) is 11.8 Å². The molecular weight excluding hydrogens is 330 g/mol. The number of nitrogens with zero attached hydrogens (tertiary/aromatic N) is 3. The number of amides is 2. The lowest BCUT2D eigenvalue weighted by Crippen LogP contribution is -2.57. The highest BCUT2D eigenvalue weighted by molar-refractivity contribution is 5.85. The van der Waals surface area contributed by atoms with Crippen molar-refractivity contribution >= 4 is 11.8 Å². The van der Waals surface area contributed by atoms with Crippen molar-refractivity contribution in [2.45, 2.75) is 51.0 Å². The summed E-state index contributed by atoms with van der Waals surface area (Å²) in [6.45, 7) is 5.86. The molecule has 0 aliphatic carbocycles. The third kappa shape index (κ3) is 4.09. The largest absolute Gasteiger partial charge is 0.356 e. The molecule has 3 rings (SSSR count). The number of piperidine rings is 2. The Bertz CT molecular complexity index is 595. The summed E-state index contributed by atoms with van der Waals surface area (Å²) < 4.78 is 1.86. The zero-order valence-corrected chi connectivity index (χ0v) is 15.7. The molecule has 0 radical (unpaired) electrons. The van der Waals surface area contributed by atoms with Gasteiger partial charge < -0.3 is 15.5 Å². The van der Waals surface area contributed by atoms with Crippen molar-refractivity contribution < 1.29 is 9.59 Å². The van der Waals surface area contributed by atoms with Crippen LogP contribution >= 0.6 is 0 Å². The Morgan fingerprint density at radius 2 is 2.15 bits per heavy atom. The predicted molar refractivity (Wildman–Crippen MR) is 99.5 cm³/mol. The number of nitrogens with one attached hydrogen (secondary N) is 2. The molecule has 3 heterocycles. The number of carbonyl (C=O) groups is 2. The first kappa shape index (κ1) is 18.9. The van der Waals surface area contributed by atoms with Crippen molar-refractivity contribution in [1.29, 1.82) is 0 Å². The Balaban J connectivity index is 1.66. The van der Waals surface area contributed by atoms with E-state index in [1.807, 2.05) is 28.8 Å². The third-order valence-corrected chi connectivity index (χ3v) is 5.64. The van der Waals surface area contributed by atoms with Gasteiger partial charge in [-0.25, -0.2) is 0 Å². The van der Waals surface area contributed by atoms with Crippen LogP contribution in [0.5, 0.6) is 0 Å². The second-order valence-corrected chi connectivity index (χ2v) is 7.55. The summed E-state index contributed by atoms with van der Waals surface area (Å²) in [5.41, 5.74) is -0.567. The van der Waals surface area contributed by atoms with Gasteiger partial charge in [0.05, 0.1) is 0 Å². The quantitative estimate of drug-likeness (QED) is 0.796. The van der Waals surface area contributed by atoms with Crippen LogP contribution in [0.15, 0.2) is 18.5 Å². The van der Waals surface area contributed by atoms with E-state index in [4.69, 9.17) is 0 Å². The summed E-state index contributed by atoms with van der Waals surface area (Å²) in [7, 11) is 0. The molecule has 1 aromatic heterocycles. The van der Waals surface area contributed by atoms with Gasteiger partial charge in [0.2, 0.25) is 5.91 Å². The lowest BCUT2D eigenvalue weighted by molar-refractivity contribution is -0.145. The summed E-state index contributed by atoms with van der Waals surface area (Å²) in [6, 6.07) is 1.89. The lowest BCUT2D eigenvalue weighted by atomic mass is 9.85. The minimum atomic E-state index is -0.567. The Hall–Kier alpha value is -1.89. The monoisotopic (exact) mass is 361 g/mol. The summed E-state index contributed by atoms with van der Waals surface area (Å²) in [6.07, 6.45) is 8.69. The van der Waals surface area contributed by atoms with E-state index in [9.17, 15) is 9.59 Å². The van der Waals surface area contributed by atoms with Crippen molar-refractivity contribution in [3.63, 3.8) is 0 Å². The molecule has 0 bridgehead atoms. The van der Waals surface area contributed by atoms with Gasteiger partial charge in [0, 0.05) is 38.4 Å². The van der Waals surface area contributed by atoms with Gasteiger partial charge in [0.15, 0.2) is 0 Å². The molecule has 0 saturated carbocycles. The number of carbonyl (C=O) groups excluding carboxylic acids is 2. The van der Waals surface area contributed by atoms with E-state index in [2.05, 4.69) is 15.7 Å². The average molecular weight is 361 g/mol. The van der Waals surface area contributed by atoms with Crippen molar-refractivity contribution in [3.8, 4) is 0 Å². The molecular formula is C19H31N5O2. The molecule has 1 aromatic rings. The summed E-state index contributed by atoms with van der Waals surface area (Å²) in [5, 5.41) is 10.8. The highest BCUT2D eigenvalue weighted by Gasteiger charge is 2.45. The maximum atomic E-state index is 13.5. The highest BCUT2D eigenvalue weighted by atomic mass is 16.2. The molecule has 2 aliphatic rings. The van der Waals surface area contributed by atoms with E-state index >= 15 is 0 Å². The van der Waals surface area contributed by atoms with Crippen LogP contribution in [0, 0.1) is 5.92 Å². The summed E-state index contributed by atoms with van der Waals surface area (Å²) in [4.78, 5) is 27.3. The zero-order valence-electron chi connectivity index (χ0n) is 15.7. The Morgan fingerprint density at radius 3 is 2.85 bits per heavy atom. The molecule has 2 saturated heterocycles. The normalized spacial score (nSPS) is 22.8. The van der Waals surface area contributed by atoms with Crippen LogP contribution in [0.1, 0.15) is 45.4 Å². The zero-order chi connectivity index (χ0) is 18.4. The van der Waals surface area contributed by atoms with Gasteiger partial charge in [0.1, 0.15) is 5.54 Å². The molecule has 2 aliphatic heterocycles. The minimum absolute atomic E-state index is 0.113. The fourth-order valence-corrected chi connectivity index (χ4v) is 4.19. The van der Waals surface area contributed by atoms with Crippen molar-refractivity contribution in [1.82, 2.24) is 25.3 Å². The fraction of sp³-hybridized carbons (Fsp3) is 0.737. The first-order valence-electron chi connectivity index (χ1n) is 9.92. The van der Waals surface area contributed by atoms with E-state index < -0.39 is 5.54 Å².